The number of halogens is 1. The predicted octanol–water partition coefficient (Wildman–Crippen LogP) is 5.01. The number of methoxy groups -OCH3 is 1. The quantitative estimate of drug-likeness (QED) is 0.622. The highest BCUT2D eigenvalue weighted by Crippen LogP contribution is 2.34. The van der Waals surface area contributed by atoms with Crippen LogP contribution in [0.3, 0.4) is 0 Å². The third-order valence-electron chi connectivity index (χ3n) is 3.15. The van der Waals surface area contributed by atoms with E-state index in [1.54, 1.807) is 11.3 Å². The van der Waals surface area contributed by atoms with E-state index >= 15 is 0 Å². The molecule has 2 aromatic carbocycles. The second-order valence-electron chi connectivity index (χ2n) is 4.35. The molecular formula is C16H11ClO2S. The van der Waals surface area contributed by atoms with Crippen LogP contribution in [0.25, 0.3) is 21.2 Å². The summed E-state index contributed by atoms with van der Waals surface area (Å²) in [4.78, 5) is 11.8. The van der Waals surface area contributed by atoms with E-state index in [2.05, 4.69) is 6.07 Å². The molecule has 1 aromatic heterocycles. The van der Waals surface area contributed by atoms with Crippen molar-refractivity contribution in [1.29, 1.82) is 0 Å². The van der Waals surface area contributed by atoms with E-state index in [0.717, 1.165) is 21.2 Å². The molecule has 3 rings (SSSR count). The summed E-state index contributed by atoms with van der Waals surface area (Å²) in [6.45, 7) is 0. The van der Waals surface area contributed by atoms with Crippen LogP contribution < -0.4 is 0 Å². The summed E-state index contributed by atoms with van der Waals surface area (Å²) in [5.74, 6) is -0.324. The summed E-state index contributed by atoms with van der Waals surface area (Å²) >= 11 is 7.54. The van der Waals surface area contributed by atoms with Gasteiger partial charge in [-0.2, -0.15) is 0 Å². The number of ether oxygens (including phenoxy) is 1. The van der Waals surface area contributed by atoms with Crippen LogP contribution in [0.1, 0.15) is 10.4 Å². The SMILES string of the molecule is COC(=O)c1cc(-c2ccc(Cl)cc2)c2ccsc2c1. The van der Waals surface area contributed by atoms with Gasteiger partial charge in [0.1, 0.15) is 0 Å². The highest BCUT2D eigenvalue weighted by molar-refractivity contribution is 7.17. The molecule has 0 saturated carbocycles. The number of carbonyl (C=O) groups is 1. The molecule has 0 bridgehead atoms. The van der Waals surface area contributed by atoms with Crippen molar-refractivity contribution in [3.05, 3.63) is 58.4 Å². The molecule has 0 spiro atoms. The van der Waals surface area contributed by atoms with Crippen molar-refractivity contribution in [2.24, 2.45) is 0 Å². The van der Waals surface area contributed by atoms with Gasteiger partial charge in [0.15, 0.2) is 0 Å². The van der Waals surface area contributed by atoms with Crippen LogP contribution in [0.4, 0.5) is 0 Å². The standard InChI is InChI=1S/C16H11ClO2S/c1-19-16(18)11-8-14(10-2-4-12(17)5-3-10)13-6-7-20-15(13)9-11/h2-9H,1H3. The zero-order valence-corrected chi connectivity index (χ0v) is 12.3. The van der Waals surface area contributed by atoms with Crippen LogP contribution in [0.5, 0.6) is 0 Å². The van der Waals surface area contributed by atoms with Crippen molar-refractivity contribution in [2.45, 2.75) is 0 Å². The second-order valence-corrected chi connectivity index (χ2v) is 5.74. The minimum atomic E-state index is -0.324. The lowest BCUT2D eigenvalue weighted by Crippen LogP contribution is -2.01. The van der Waals surface area contributed by atoms with Crippen molar-refractivity contribution in [3.8, 4) is 11.1 Å². The van der Waals surface area contributed by atoms with Crippen LogP contribution in [0, 0.1) is 0 Å². The number of rotatable bonds is 2. The van der Waals surface area contributed by atoms with E-state index in [1.807, 2.05) is 41.8 Å². The maximum atomic E-state index is 11.8. The fourth-order valence-corrected chi connectivity index (χ4v) is 3.15. The Morgan fingerprint density at radius 1 is 1.15 bits per heavy atom. The number of hydrogen-bond acceptors (Lipinski definition) is 3. The monoisotopic (exact) mass is 302 g/mol. The van der Waals surface area contributed by atoms with Crippen molar-refractivity contribution in [2.75, 3.05) is 7.11 Å². The maximum absolute atomic E-state index is 11.8. The molecule has 0 fully saturated rings. The van der Waals surface area contributed by atoms with Crippen molar-refractivity contribution < 1.29 is 9.53 Å². The molecule has 0 atom stereocenters. The lowest BCUT2D eigenvalue weighted by Gasteiger charge is -2.07. The smallest absolute Gasteiger partial charge is 0.337 e. The van der Waals surface area contributed by atoms with Gasteiger partial charge in [-0.15, -0.1) is 11.3 Å². The summed E-state index contributed by atoms with van der Waals surface area (Å²) in [7, 11) is 1.39. The summed E-state index contributed by atoms with van der Waals surface area (Å²) < 4.78 is 5.88. The minimum absolute atomic E-state index is 0.324. The van der Waals surface area contributed by atoms with Gasteiger partial charge >= 0.3 is 5.97 Å². The number of hydrogen-bond donors (Lipinski definition) is 0. The first-order chi connectivity index (χ1) is 9.69. The molecule has 1 heterocycles. The molecule has 0 radical (unpaired) electrons. The van der Waals surface area contributed by atoms with Crippen LogP contribution in [0.2, 0.25) is 5.02 Å². The molecule has 0 aliphatic heterocycles. The molecular weight excluding hydrogens is 292 g/mol. The Kier molecular flexibility index (Phi) is 3.47. The largest absolute Gasteiger partial charge is 0.465 e. The van der Waals surface area contributed by atoms with Gasteiger partial charge in [0.05, 0.1) is 12.7 Å². The topological polar surface area (TPSA) is 26.3 Å². The Morgan fingerprint density at radius 3 is 2.60 bits per heavy atom. The Balaban J connectivity index is 2.24. The van der Waals surface area contributed by atoms with Crippen molar-refractivity contribution in [1.82, 2.24) is 0 Å². The summed E-state index contributed by atoms with van der Waals surface area (Å²) in [5.41, 5.74) is 2.61. The third-order valence-corrected chi connectivity index (χ3v) is 4.26. The molecule has 0 amide bonds. The first-order valence-corrected chi connectivity index (χ1v) is 7.30. The Hall–Kier alpha value is -1.84. The van der Waals surface area contributed by atoms with Crippen LogP contribution >= 0.6 is 22.9 Å². The predicted molar refractivity (Wildman–Crippen MR) is 83.6 cm³/mol. The van der Waals surface area contributed by atoms with E-state index in [4.69, 9.17) is 16.3 Å². The summed E-state index contributed by atoms with van der Waals surface area (Å²) in [5, 5.41) is 3.84. The normalized spacial score (nSPS) is 10.7. The highest BCUT2D eigenvalue weighted by Gasteiger charge is 2.12. The Morgan fingerprint density at radius 2 is 1.90 bits per heavy atom. The van der Waals surface area contributed by atoms with Crippen molar-refractivity contribution in [3.63, 3.8) is 0 Å². The second kappa shape index (κ2) is 5.27. The highest BCUT2D eigenvalue weighted by atomic mass is 35.5. The molecule has 0 N–H and O–H groups in total. The first-order valence-electron chi connectivity index (χ1n) is 6.04. The lowest BCUT2D eigenvalue weighted by atomic mass is 9.99. The third kappa shape index (κ3) is 2.30. The van der Waals surface area contributed by atoms with Gasteiger partial charge in [-0.3, -0.25) is 0 Å². The Bertz CT molecular complexity index is 775. The van der Waals surface area contributed by atoms with Gasteiger partial charge in [-0.05, 0) is 46.8 Å². The zero-order valence-electron chi connectivity index (χ0n) is 10.7. The number of thiophene rings is 1. The molecule has 0 saturated heterocycles. The molecule has 0 aliphatic rings. The molecule has 2 nitrogen and oxygen atoms in total. The van der Waals surface area contributed by atoms with Gasteiger partial charge in [0.2, 0.25) is 0 Å². The summed E-state index contributed by atoms with van der Waals surface area (Å²) in [6.07, 6.45) is 0. The first kappa shape index (κ1) is 13.2. The van der Waals surface area contributed by atoms with Gasteiger partial charge in [0.25, 0.3) is 0 Å². The molecule has 4 heteroatoms. The molecule has 0 unspecified atom stereocenters. The molecule has 3 aromatic rings. The fraction of sp³-hybridized carbons (Fsp3) is 0.0625. The average molecular weight is 303 g/mol. The lowest BCUT2D eigenvalue weighted by molar-refractivity contribution is 0.0601. The minimum Gasteiger partial charge on any atom is -0.465 e. The van der Waals surface area contributed by atoms with Gasteiger partial charge < -0.3 is 4.74 Å². The van der Waals surface area contributed by atoms with E-state index in [-0.39, 0.29) is 5.97 Å². The number of benzene rings is 2. The van der Waals surface area contributed by atoms with Crippen LogP contribution in [0.15, 0.2) is 47.8 Å². The molecule has 100 valence electrons. The molecule has 0 aliphatic carbocycles. The van der Waals surface area contributed by atoms with E-state index < -0.39 is 0 Å². The van der Waals surface area contributed by atoms with Gasteiger partial charge in [-0.1, -0.05) is 23.7 Å². The van der Waals surface area contributed by atoms with Gasteiger partial charge in [0, 0.05) is 15.1 Å². The maximum Gasteiger partial charge on any atom is 0.337 e. The fourth-order valence-electron chi connectivity index (χ4n) is 2.18. The van der Waals surface area contributed by atoms with Gasteiger partial charge in [-0.25, -0.2) is 4.79 Å². The number of carbonyl (C=O) groups excluding carboxylic acids is 1. The average Bonchev–Trinajstić information content (AvgIpc) is 2.94. The van der Waals surface area contributed by atoms with Crippen LogP contribution in [-0.2, 0) is 4.74 Å². The van der Waals surface area contributed by atoms with Crippen LogP contribution in [-0.4, -0.2) is 13.1 Å². The molecule has 20 heavy (non-hydrogen) atoms. The van der Waals surface area contributed by atoms with E-state index in [9.17, 15) is 4.79 Å². The zero-order chi connectivity index (χ0) is 14.1. The van der Waals surface area contributed by atoms with E-state index in [1.165, 1.54) is 7.11 Å². The van der Waals surface area contributed by atoms with E-state index in [0.29, 0.717) is 10.6 Å². The van der Waals surface area contributed by atoms with Crippen molar-refractivity contribution >= 4 is 39.0 Å². The number of fused-ring (bicyclic) bond motifs is 1. The number of esters is 1. The summed E-state index contributed by atoms with van der Waals surface area (Å²) in [6, 6.07) is 13.4. The Labute approximate surface area is 125 Å².